The van der Waals surface area contributed by atoms with Gasteiger partial charge in [0.1, 0.15) is 17.2 Å². The number of ether oxygens (including phenoxy) is 1. The summed E-state index contributed by atoms with van der Waals surface area (Å²) in [6, 6.07) is 18.0. The summed E-state index contributed by atoms with van der Waals surface area (Å²) in [7, 11) is -4.14. The number of amides is 1. The van der Waals surface area contributed by atoms with E-state index in [9.17, 15) is 23.4 Å². The van der Waals surface area contributed by atoms with Crippen molar-refractivity contribution in [1.82, 2.24) is 5.32 Å². The van der Waals surface area contributed by atoms with E-state index in [1.54, 1.807) is 24.3 Å². The fourth-order valence-corrected chi connectivity index (χ4v) is 6.33. The molecular formula is C37H47N3O6S. The second-order valence-corrected chi connectivity index (χ2v) is 14.9. The zero-order valence-corrected chi connectivity index (χ0v) is 28.9. The van der Waals surface area contributed by atoms with Crippen molar-refractivity contribution < 1.29 is 28.2 Å². The minimum atomic E-state index is -4.14. The van der Waals surface area contributed by atoms with E-state index in [4.69, 9.17) is 10.5 Å². The summed E-state index contributed by atoms with van der Waals surface area (Å²) in [6.45, 7) is 14.2. The van der Waals surface area contributed by atoms with E-state index in [0.717, 1.165) is 24.7 Å². The molecular weight excluding hydrogens is 614 g/mol. The quantitative estimate of drug-likeness (QED) is 0.0404. The van der Waals surface area contributed by atoms with Crippen molar-refractivity contribution in [2.45, 2.75) is 83.0 Å². The largest absolute Gasteiger partial charge is 0.506 e. The average molecular weight is 662 g/mol. The molecule has 0 unspecified atom stereocenters. The Bertz CT molecular complexity index is 1870. The highest BCUT2D eigenvalue weighted by molar-refractivity contribution is 7.92. The van der Waals surface area contributed by atoms with Crippen LogP contribution in [0.4, 0.5) is 11.4 Å². The standard InChI is InChI=1S/C37H47N3O6S/c1-7-36(3,4)24-15-18-33(29(21-24)37(5,6)8-2)46-20-12-11-19-39-35(43)28-23-31(26-13-9-10-14-27(26)34(28)42)40-47(44,45)25-16-17-32(41)30(38)22-25/h9-10,13-18,21-23,40-42H,7-8,11-12,19-20,38H2,1-6H3,(H,39,43). The summed E-state index contributed by atoms with van der Waals surface area (Å²) in [5.74, 6) is -0.147. The van der Waals surface area contributed by atoms with E-state index in [0.29, 0.717) is 36.8 Å². The molecule has 0 radical (unpaired) electrons. The van der Waals surface area contributed by atoms with Gasteiger partial charge in [0.05, 0.1) is 28.4 Å². The zero-order chi connectivity index (χ0) is 34.6. The number of sulfonamides is 1. The molecule has 0 aliphatic carbocycles. The lowest BCUT2D eigenvalue weighted by molar-refractivity contribution is 0.0950. The van der Waals surface area contributed by atoms with Crippen molar-refractivity contribution in [1.29, 1.82) is 0 Å². The van der Waals surface area contributed by atoms with Crippen LogP contribution in [0.5, 0.6) is 17.2 Å². The van der Waals surface area contributed by atoms with E-state index in [2.05, 4.69) is 69.8 Å². The van der Waals surface area contributed by atoms with Crippen molar-refractivity contribution in [3.8, 4) is 17.2 Å². The summed E-state index contributed by atoms with van der Waals surface area (Å²) >= 11 is 0. The Morgan fingerprint density at radius 3 is 2.21 bits per heavy atom. The molecule has 4 aromatic carbocycles. The van der Waals surface area contributed by atoms with Crippen molar-refractivity contribution in [3.05, 3.63) is 83.4 Å². The first-order chi connectivity index (χ1) is 22.1. The fourth-order valence-electron chi connectivity index (χ4n) is 5.23. The van der Waals surface area contributed by atoms with Crippen molar-refractivity contribution in [3.63, 3.8) is 0 Å². The molecule has 4 rings (SSSR count). The molecule has 0 aliphatic rings. The molecule has 0 heterocycles. The first-order valence-electron chi connectivity index (χ1n) is 16.0. The molecule has 47 heavy (non-hydrogen) atoms. The number of phenols is 2. The predicted octanol–water partition coefficient (Wildman–Crippen LogP) is 7.60. The van der Waals surface area contributed by atoms with Crippen LogP contribution in [-0.2, 0) is 20.9 Å². The molecule has 0 spiro atoms. The maximum absolute atomic E-state index is 13.2. The highest BCUT2D eigenvalue weighted by Gasteiger charge is 2.27. The van der Waals surface area contributed by atoms with Crippen LogP contribution in [0.2, 0.25) is 0 Å². The van der Waals surface area contributed by atoms with Gasteiger partial charge in [-0.3, -0.25) is 9.52 Å². The lowest BCUT2D eigenvalue weighted by Gasteiger charge is -2.30. The van der Waals surface area contributed by atoms with E-state index in [1.165, 1.54) is 29.3 Å². The predicted molar refractivity (Wildman–Crippen MR) is 189 cm³/mol. The summed E-state index contributed by atoms with van der Waals surface area (Å²) in [5.41, 5.74) is 8.18. The highest BCUT2D eigenvalue weighted by Crippen LogP contribution is 2.39. The molecule has 0 aliphatic heterocycles. The third-order valence-electron chi connectivity index (χ3n) is 9.19. The minimum Gasteiger partial charge on any atom is -0.506 e. The van der Waals surface area contributed by atoms with Gasteiger partial charge in [-0.25, -0.2) is 8.42 Å². The highest BCUT2D eigenvalue weighted by atomic mass is 32.2. The Hall–Kier alpha value is -4.44. The van der Waals surface area contributed by atoms with E-state index in [1.807, 2.05) is 0 Å². The number of fused-ring (bicyclic) bond motifs is 1. The Kier molecular flexibility index (Phi) is 10.6. The van der Waals surface area contributed by atoms with Gasteiger partial charge in [-0.1, -0.05) is 77.9 Å². The number of anilines is 2. The van der Waals surface area contributed by atoms with Gasteiger partial charge in [0.15, 0.2) is 0 Å². The molecule has 0 aromatic heterocycles. The topological polar surface area (TPSA) is 151 Å². The Labute approximate surface area is 278 Å². The summed E-state index contributed by atoms with van der Waals surface area (Å²) in [4.78, 5) is 13.1. The molecule has 0 saturated heterocycles. The van der Waals surface area contributed by atoms with Crippen molar-refractivity contribution in [2.24, 2.45) is 0 Å². The third kappa shape index (κ3) is 7.93. The molecule has 0 saturated carbocycles. The van der Waals surface area contributed by atoms with Crippen LogP contribution < -0.4 is 20.5 Å². The Morgan fingerprint density at radius 1 is 0.872 bits per heavy atom. The van der Waals surface area contributed by atoms with E-state index >= 15 is 0 Å². The van der Waals surface area contributed by atoms with Crippen LogP contribution in [-0.4, -0.2) is 37.7 Å². The monoisotopic (exact) mass is 661 g/mol. The summed E-state index contributed by atoms with van der Waals surface area (Å²) in [5, 5.41) is 24.3. The SMILES string of the molecule is CCC(C)(C)c1ccc(OCCCCNC(=O)c2cc(NS(=O)(=O)c3ccc(O)c(N)c3)c3ccccc3c2O)c(C(C)(C)CC)c1. The van der Waals surface area contributed by atoms with Crippen LogP contribution in [0.25, 0.3) is 10.8 Å². The molecule has 4 aromatic rings. The fraction of sp³-hybridized carbons (Fsp3) is 0.378. The van der Waals surface area contributed by atoms with Gasteiger partial charge in [-0.15, -0.1) is 0 Å². The summed E-state index contributed by atoms with van der Waals surface area (Å²) in [6.07, 6.45) is 3.34. The number of unbranched alkanes of at least 4 members (excludes halogenated alkanes) is 1. The number of rotatable bonds is 14. The molecule has 252 valence electrons. The third-order valence-corrected chi connectivity index (χ3v) is 10.5. The van der Waals surface area contributed by atoms with Crippen LogP contribution in [0.3, 0.4) is 0 Å². The van der Waals surface area contributed by atoms with Crippen LogP contribution >= 0.6 is 0 Å². The molecule has 1 amide bonds. The van der Waals surface area contributed by atoms with Crippen LogP contribution in [0.15, 0.2) is 71.6 Å². The summed E-state index contributed by atoms with van der Waals surface area (Å²) < 4.78 is 35.2. The first kappa shape index (κ1) is 35.4. The number of aromatic hydroxyl groups is 2. The lowest BCUT2D eigenvalue weighted by Crippen LogP contribution is -2.25. The number of nitrogens with two attached hydrogens (primary N) is 1. The maximum Gasteiger partial charge on any atom is 0.261 e. The number of hydrogen-bond donors (Lipinski definition) is 5. The van der Waals surface area contributed by atoms with Gasteiger partial charge >= 0.3 is 0 Å². The molecule has 9 nitrogen and oxygen atoms in total. The minimum absolute atomic E-state index is 0.0462. The number of hydrogen-bond acceptors (Lipinski definition) is 7. The van der Waals surface area contributed by atoms with Gasteiger partial charge < -0.3 is 26.0 Å². The van der Waals surface area contributed by atoms with Crippen molar-refractivity contribution >= 4 is 38.1 Å². The van der Waals surface area contributed by atoms with Gasteiger partial charge in [-0.2, -0.15) is 0 Å². The lowest BCUT2D eigenvalue weighted by atomic mass is 9.76. The van der Waals surface area contributed by atoms with Gasteiger partial charge in [0.2, 0.25) is 0 Å². The maximum atomic E-state index is 13.2. The van der Waals surface area contributed by atoms with E-state index < -0.39 is 15.9 Å². The van der Waals surface area contributed by atoms with Gasteiger partial charge in [0.25, 0.3) is 15.9 Å². The molecule has 0 bridgehead atoms. The molecule has 10 heteroatoms. The number of carbonyl (C=O) groups is 1. The molecule has 0 fully saturated rings. The van der Waals surface area contributed by atoms with Crippen LogP contribution in [0.1, 0.15) is 88.7 Å². The first-order valence-corrected chi connectivity index (χ1v) is 17.5. The number of benzene rings is 4. The van der Waals surface area contributed by atoms with Gasteiger partial charge in [-0.05, 0) is 72.4 Å². The van der Waals surface area contributed by atoms with E-state index in [-0.39, 0.29) is 44.2 Å². The van der Waals surface area contributed by atoms with Crippen molar-refractivity contribution in [2.75, 3.05) is 23.6 Å². The molecule has 6 N–H and O–H groups in total. The number of nitrogen functional groups attached to an aromatic ring is 1. The Balaban J connectivity index is 1.44. The van der Waals surface area contributed by atoms with Crippen LogP contribution in [0, 0.1) is 0 Å². The number of phenolic OH excluding ortho intramolecular Hbond substituents is 2. The zero-order valence-electron chi connectivity index (χ0n) is 28.1. The number of nitrogens with one attached hydrogen (secondary N) is 2. The normalized spacial score (nSPS) is 12.2. The average Bonchev–Trinajstić information content (AvgIpc) is 3.04. The Morgan fingerprint density at radius 2 is 1.55 bits per heavy atom. The number of carbonyl (C=O) groups excluding carboxylic acids is 1. The molecule has 0 atom stereocenters. The van der Waals surface area contributed by atoms with Gasteiger partial charge in [0, 0.05) is 22.9 Å². The smallest absolute Gasteiger partial charge is 0.261 e. The second kappa shape index (κ2) is 14.1. The second-order valence-electron chi connectivity index (χ2n) is 13.2.